The molecule has 1 aromatic carbocycles. The van der Waals surface area contributed by atoms with Gasteiger partial charge in [0, 0.05) is 10.9 Å². The Balaban J connectivity index is 2.62. The summed E-state index contributed by atoms with van der Waals surface area (Å²) in [6.45, 7) is 0.784. The second kappa shape index (κ2) is 7.13. The average Bonchev–Trinajstić information content (AvgIpc) is 2.32. The van der Waals surface area contributed by atoms with Crippen molar-refractivity contribution in [1.82, 2.24) is 5.32 Å². The Morgan fingerprint density at radius 3 is 2.67 bits per heavy atom. The van der Waals surface area contributed by atoms with Gasteiger partial charge in [0.25, 0.3) is 0 Å². The van der Waals surface area contributed by atoms with Gasteiger partial charge >= 0.3 is 5.97 Å². The van der Waals surface area contributed by atoms with E-state index >= 15 is 0 Å². The third-order valence-corrected chi connectivity index (χ3v) is 2.98. The molecule has 0 spiro atoms. The summed E-state index contributed by atoms with van der Waals surface area (Å²) < 4.78 is 0.560. The molecule has 5 nitrogen and oxygen atoms in total. The largest absolute Gasteiger partial charge is 0.478 e. The number of hydrogen-bond acceptors (Lipinski definition) is 3. The number of halogens is 1. The van der Waals surface area contributed by atoms with E-state index in [9.17, 15) is 9.59 Å². The van der Waals surface area contributed by atoms with Crippen LogP contribution < -0.4 is 10.6 Å². The lowest BCUT2D eigenvalue weighted by atomic mass is 10.2. The molecule has 1 rings (SSSR count). The van der Waals surface area contributed by atoms with E-state index < -0.39 is 5.97 Å². The van der Waals surface area contributed by atoms with Crippen LogP contribution in [0.2, 0.25) is 0 Å². The fourth-order valence-corrected chi connectivity index (χ4v) is 1.87. The molecule has 0 fully saturated rings. The smallest absolute Gasteiger partial charge is 0.335 e. The van der Waals surface area contributed by atoms with Crippen LogP contribution >= 0.6 is 15.9 Å². The van der Waals surface area contributed by atoms with E-state index in [1.807, 2.05) is 7.05 Å². The Labute approximate surface area is 114 Å². The van der Waals surface area contributed by atoms with Crippen LogP contribution in [0, 0.1) is 0 Å². The second-order valence-electron chi connectivity index (χ2n) is 3.76. The molecule has 0 saturated heterocycles. The number of amides is 1. The van der Waals surface area contributed by atoms with Gasteiger partial charge in [-0.3, -0.25) is 4.79 Å². The average molecular weight is 315 g/mol. The zero-order chi connectivity index (χ0) is 13.5. The van der Waals surface area contributed by atoms with Gasteiger partial charge in [-0.1, -0.05) is 0 Å². The van der Waals surface area contributed by atoms with Crippen LogP contribution in [0.1, 0.15) is 23.2 Å². The molecule has 0 aliphatic heterocycles. The number of hydrogen-bond donors (Lipinski definition) is 3. The van der Waals surface area contributed by atoms with E-state index in [-0.39, 0.29) is 11.5 Å². The lowest BCUT2D eigenvalue weighted by Gasteiger charge is -2.08. The number of rotatable bonds is 6. The van der Waals surface area contributed by atoms with E-state index in [1.165, 1.54) is 12.1 Å². The predicted molar refractivity (Wildman–Crippen MR) is 72.9 cm³/mol. The molecule has 0 radical (unpaired) electrons. The highest BCUT2D eigenvalue weighted by Crippen LogP contribution is 2.23. The first kappa shape index (κ1) is 14.7. The molecule has 18 heavy (non-hydrogen) atoms. The van der Waals surface area contributed by atoms with Gasteiger partial charge in [0.05, 0.1) is 11.3 Å². The van der Waals surface area contributed by atoms with Crippen molar-refractivity contribution >= 4 is 33.5 Å². The molecule has 0 saturated carbocycles. The van der Waals surface area contributed by atoms with Crippen molar-refractivity contribution < 1.29 is 14.7 Å². The molecule has 0 unspecified atom stereocenters. The summed E-state index contributed by atoms with van der Waals surface area (Å²) in [7, 11) is 1.83. The highest BCUT2D eigenvalue weighted by molar-refractivity contribution is 9.10. The first-order valence-corrected chi connectivity index (χ1v) is 6.31. The van der Waals surface area contributed by atoms with Gasteiger partial charge in [0.2, 0.25) is 5.91 Å². The minimum absolute atomic E-state index is 0.0889. The van der Waals surface area contributed by atoms with Crippen molar-refractivity contribution in [2.24, 2.45) is 0 Å². The minimum atomic E-state index is -0.998. The van der Waals surface area contributed by atoms with Crippen LogP contribution in [0.3, 0.4) is 0 Å². The number of carboxylic acid groups (broad SMARTS) is 1. The van der Waals surface area contributed by atoms with Gasteiger partial charge in [-0.05, 0) is 54.1 Å². The summed E-state index contributed by atoms with van der Waals surface area (Å²) in [6, 6.07) is 4.49. The first-order valence-electron chi connectivity index (χ1n) is 5.52. The zero-order valence-electron chi connectivity index (χ0n) is 10.00. The van der Waals surface area contributed by atoms with E-state index in [1.54, 1.807) is 6.07 Å². The maximum Gasteiger partial charge on any atom is 0.335 e. The van der Waals surface area contributed by atoms with E-state index in [2.05, 4.69) is 26.6 Å². The fourth-order valence-electron chi connectivity index (χ4n) is 1.39. The molecule has 0 aromatic heterocycles. The van der Waals surface area contributed by atoms with Crippen LogP contribution in [-0.2, 0) is 4.79 Å². The SMILES string of the molecule is CNCCCC(=O)Nc1ccc(C(=O)O)cc1Br. The Hall–Kier alpha value is -1.40. The predicted octanol–water partition coefficient (Wildman–Crippen LogP) is 2.09. The first-order chi connectivity index (χ1) is 8.54. The molecule has 3 N–H and O–H groups in total. The number of carbonyl (C=O) groups excluding carboxylic acids is 1. The van der Waals surface area contributed by atoms with Crippen molar-refractivity contribution in [3.05, 3.63) is 28.2 Å². The third kappa shape index (κ3) is 4.46. The summed E-state index contributed by atoms with van der Waals surface area (Å²) in [5.41, 5.74) is 0.754. The Morgan fingerprint density at radius 2 is 2.11 bits per heavy atom. The highest BCUT2D eigenvalue weighted by Gasteiger charge is 2.09. The number of carbonyl (C=O) groups is 2. The van der Waals surface area contributed by atoms with Crippen molar-refractivity contribution in [1.29, 1.82) is 0 Å². The number of aromatic carboxylic acids is 1. The van der Waals surface area contributed by atoms with Gasteiger partial charge < -0.3 is 15.7 Å². The maximum absolute atomic E-state index is 11.6. The lowest BCUT2D eigenvalue weighted by Crippen LogP contribution is -2.15. The van der Waals surface area contributed by atoms with Crippen LogP contribution in [0.5, 0.6) is 0 Å². The monoisotopic (exact) mass is 314 g/mol. The molecule has 0 aliphatic carbocycles. The molecule has 1 amide bonds. The van der Waals surface area contributed by atoms with Crippen LogP contribution in [0.15, 0.2) is 22.7 Å². The molecule has 6 heteroatoms. The third-order valence-electron chi connectivity index (χ3n) is 2.32. The molecule has 0 bridgehead atoms. The van der Waals surface area contributed by atoms with Gasteiger partial charge in [0.15, 0.2) is 0 Å². The quantitative estimate of drug-likeness (QED) is 0.702. The second-order valence-corrected chi connectivity index (χ2v) is 4.61. The van der Waals surface area contributed by atoms with E-state index in [0.717, 1.165) is 13.0 Å². The molecule has 98 valence electrons. The zero-order valence-corrected chi connectivity index (χ0v) is 11.6. The fraction of sp³-hybridized carbons (Fsp3) is 0.333. The minimum Gasteiger partial charge on any atom is -0.478 e. The number of benzene rings is 1. The lowest BCUT2D eigenvalue weighted by molar-refractivity contribution is -0.116. The van der Waals surface area contributed by atoms with Gasteiger partial charge in [-0.25, -0.2) is 4.79 Å². The molecule has 0 atom stereocenters. The van der Waals surface area contributed by atoms with Crippen molar-refractivity contribution in [3.63, 3.8) is 0 Å². The van der Waals surface area contributed by atoms with Gasteiger partial charge in [0.1, 0.15) is 0 Å². The molecular weight excluding hydrogens is 300 g/mol. The number of nitrogens with one attached hydrogen (secondary N) is 2. The summed E-state index contributed by atoms with van der Waals surface area (Å²) in [4.78, 5) is 22.3. The Bertz CT molecular complexity index is 449. The number of anilines is 1. The van der Waals surface area contributed by atoms with Gasteiger partial charge in [-0.2, -0.15) is 0 Å². The summed E-state index contributed by atoms with van der Waals surface area (Å²) in [5, 5.41) is 14.5. The normalized spacial score (nSPS) is 10.1. The van der Waals surface area contributed by atoms with E-state index in [4.69, 9.17) is 5.11 Å². The van der Waals surface area contributed by atoms with Gasteiger partial charge in [-0.15, -0.1) is 0 Å². The topological polar surface area (TPSA) is 78.4 Å². The van der Waals surface area contributed by atoms with Crippen molar-refractivity contribution in [2.75, 3.05) is 18.9 Å². The van der Waals surface area contributed by atoms with Crippen molar-refractivity contribution in [2.45, 2.75) is 12.8 Å². The summed E-state index contributed by atoms with van der Waals surface area (Å²) in [6.07, 6.45) is 1.18. The molecule has 0 heterocycles. The van der Waals surface area contributed by atoms with E-state index in [0.29, 0.717) is 16.6 Å². The van der Waals surface area contributed by atoms with Crippen molar-refractivity contribution in [3.8, 4) is 0 Å². The van der Waals surface area contributed by atoms with Crippen LogP contribution in [-0.4, -0.2) is 30.6 Å². The summed E-state index contributed by atoms with van der Waals surface area (Å²) >= 11 is 3.24. The molecule has 0 aliphatic rings. The Kier molecular flexibility index (Phi) is 5.80. The van der Waals surface area contributed by atoms with Crippen LogP contribution in [0.4, 0.5) is 5.69 Å². The Morgan fingerprint density at radius 1 is 1.39 bits per heavy atom. The maximum atomic E-state index is 11.6. The summed E-state index contributed by atoms with van der Waals surface area (Å²) in [5.74, 6) is -1.09. The van der Waals surface area contributed by atoms with Crippen LogP contribution in [0.25, 0.3) is 0 Å². The molecular formula is C12H15BrN2O3. The molecule has 1 aromatic rings. The highest BCUT2D eigenvalue weighted by atomic mass is 79.9. The standard InChI is InChI=1S/C12H15BrN2O3/c1-14-6-2-3-11(16)15-10-5-4-8(12(17)18)7-9(10)13/h4-5,7,14H,2-3,6H2,1H3,(H,15,16)(H,17,18). The number of carboxylic acids is 1.